The maximum Gasteiger partial charge on any atom is 0.224 e. The van der Waals surface area contributed by atoms with Gasteiger partial charge in [-0.15, -0.1) is 0 Å². The highest BCUT2D eigenvalue weighted by atomic mass is 16.1. The van der Waals surface area contributed by atoms with Crippen LogP contribution >= 0.6 is 0 Å². The number of amides is 1. The Bertz CT molecular complexity index is 632. The van der Waals surface area contributed by atoms with Gasteiger partial charge in [0.1, 0.15) is 5.65 Å². The van der Waals surface area contributed by atoms with E-state index in [-0.39, 0.29) is 5.91 Å². The van der Waals surface area contributed by atoms with E-state index >= 15 is 0 Å². The lowest BCUT2D eigenvalue weighted by atomic mass is 10.0. The molecule has 0 spiro atoms. The number of rotatable bonds is 4. The Labute approximate surface area is 118 Å². The highest BCUT2D eigenvalue weighted by Crippen LogP contribution is 2.23. The van der Waals surface area contributed by atoms with Crippen molar-refractivity contribution in [3.05, 3.63) is 29.7 Å². The summed E-state index contributed by atoms with van der Waals surface area (Å²) in [5.74, 6) is 0.0174. The molecule has 1 amide bonds. The quantitative estimate of drug-likeness (QED) is 0.892. The Morgan fingerprint density at radius 3 is 3.05 bits per heavy atom. The number of hydrogen-bond acceptors (Lipinski definition) is 3. The number of aromatic nitrogens is 2. The van der Waals surface area contributed by atoms with Gasteiger partial charge in [0.05, 0.1) is 11.4 Å². The van der Waals surface area contributed by atoms with Crippen molar-refractivity contribution in [2.75, 3.05) is 11.9 Å². The van der Waals surface area contributed by atoms with E-state index in [0.717, 1.165) is 24.2 Å². The predicted molar refractivity (Wildman–Crippen MR) is 78.8 cm³/mol. The third kappa shape index (κ3) is 2.54. The zero-order valence-electron chi connectivity index (χ0n) is 11.6. The van der Waals surface area contributed by atoms with Gasteiger partial charge in [-0.3, -0.25) is 4.79 Å². The smallest absolute Gasteiger partial charge is 0.224 e. The zero-order chi connectivity index (χ0) is 13.9. The van der Waals surface area contributed by atoms with Crippen molar-refractivity contribution >= 4 is 17.2 Å². The van der Waals surface area contributed by atoms with Crippen LogP contribution < -0.4 is 11.1 Å². The summed E-state index contributed by atoms with van der Waals surface area (Å²) < 4.78 is 2.12. The van der Waals surface area contributed by atoms with E-state index in [2.05, 4.69) is 14.7 Å². The zero-order valence-corrected chi connectivity index (χ0v) is 11.6. The molecule has 3 N–H and O–H groups in total. The van der Waals surface area contributed by atoms with E-state index in [1.165, 1.54) is 24.2 Å². The average Bonchev–Trinajstić information content (AvgIpc) is 2.83. The van der Waals surface area contributed by atoms with Crippen molar-refractivity contribution in [1.29, 1.82) is 0 Å². The molecule has 0 bridgehead atoms. The standard InChI is InChI=1S/C15H20N4O/c16-9-3-6-15(20)17-11-7-8-14-18-12-4-1-2-5-13(12)19(14)10-11/h7-8,10H,1-6,9,16H2,(H,17,20). The highest BCUT2D eigenvalue weighted by molar-refractivity contribution is 5.90. The van der Waals surface area contributed by atoms with Crippen LogP contribution in [0.1, 0.15) is 37.1 Å². The van der Waals surface area contributed by atoms with E-state index in [0.29, 0.717) is 19.4 Å². The second-order valence-corrected chi connectivity index (χ2v) is 5.30. The minimum Gasteiger partial charge on any atom is -0.330 e. The normalized spacial score (nSPS) is 14.2. The Hall–Kier alpha value is -1.88. The molecule has 0 fully saturated rings. The first kappa shape index (κ1) is 13.1. The first-order chi connectivity index (χ1) is 9.78. The van der Waals surface area contributed by atoms with Crippen LogP contribution in [-0.4, -0.2) is 21.8 Å². The number of fused-ring (bicyclic) bond motifs is 3. The summed E-state index contributed by atoms with van der Waals surface area (Å²) in [5, 5.41) is 2.92. The summed E-state index contributed by atoms with van der Waals surface area (Å²) in [6, 6.07) is 3.88. The maximum atomic E-state index is 11.7. The van der Waals surface area contributed by atoms with Crippen LogP contribution in [0.2, 0.25) is 0 Å². The number of pyridine rings is 1. The maximum absolute atomic E-state index is 11.7. The third-order valence-electron chi connectivity index (χ3n) is 3.77. The van der Waals surface area contributed by atoms with Crippen molar-refractivity contribution in [3.63, 3.8) is 0 Å². The predicted octanol–water partition coefficient (Wildman–Crippen LogP) is 1.89. The molecule has 0 saturated carbocycles. The Balaban J connectivity index is 1.84. The van der Waals surface area contributed by atoms with Gasteiger partial charge in [-0.2, -0.15) is 0 Å². The minimum absolute atomic E-state index is 0.0174. The number of carbonyl (C=O) groups excluding carboxylic acids is 1. The van der Waals surface area contributed by atoms with Gasteiger partial charge < -0.3 is 15.5 Å². The second kappa shape index (κ2) is 5.63. The highest BCUT2D eigenvalue weighted by Gasteiger charge is 2.16. The molecule has 5 heteroatoms. The van der Waals surface area contributed by atoms with Crippen LogP contribution in [0.15, 0.2) is 18.3 Å². The Morgan fingerprint density at radius 1 is 1.35 bits per heavy atom. The monoisotopic (exact) mass is 272 g/mol. The summed E-state index contributed by atoms with van der Waals surface area (Å²) >= 11 is 0. The van der Waals surface area contributed by atoms with E-state index < -0.39 is 0 Å². The fourth-order valence-corrected chi connectivity index (χ4v) is 2.75. The first-order valence-corrected chi connectivity index (χ1v) is 7.28. The second-order valence-electron chi connectivity index (χ2n) is 5.30. The van der Waals surface area contributed by atoms with Crippen molar-refractivity contribution < 1.29 is 4.79 Å². The fourth-order valence-electron chi connectivity index (χ4n) is 2.75. The molecule has 2 heterocycles. The molecule has 0 atom stereocenters. The molecule has 0 saturated heterocycles. The number of nitrogens with zero attached hydrogens (tertiary/aromatic N) is 2. The first-order valence-electron chi connectivity index (χ1n) is 7.28. The summed E-state index contributed by atoms with van der Waals surface area (Å²) in [5.41, 5.74) is 9.71. The van der Waals surface area contributed by atoms with Crippen LogP contribution in [0.4, 0.5) is 5.69 Å². The molecule has 0 aliphatic heterocycles. The summed E-state index contributed by atoms with van der Waals surface area (Å²) in [4.78, 5) is 16.4. The van der Waals surface area contributed by atoms with Gasteiger partial charge in [-0.05, 0) is 50.8 Å². The lowest BCUT2D eigenvalue weighted by Crippen LogP contribution is -2.14. The van der Waals surface area contributed by atoms with Crippen LogP contribution in [-0.2, 0) is 17.6 Å². The number of aryl methyl sites for hydroxylation is 2. The average molecular weight is 272 g/mol. The van der Waals surface area contributed by atoms with Crippen LogP contribution in [0.3, 0.4) is 0 Å². The molecule has 0 unspecified atom stereocenters. The molecule has 2 aromatic heterocycles. The number of hydrogen-bond donors (Lipinski definition) is 2. The van der Waals surface area contributed by atoms with Crippen LogP contribution in [0.5, 0.6) is 0 Å². The van der Waals surface area contributed by atoms with Crippen molar-refractivity contribution in [2.45, 2.75) is 38.5 Å². The van der Waals surface area contributed by atoms with E-state index in [9.17, 15) is 4.79 Å². The molecule has 3 rings (SSSR count). The van der Waals surface area contributed by atoms with Gasteiger partial charge in [0.2, 0.25) is 5.91 Å². The number of nitrogens with one attached hydrogen (secondary N) is 1. The molecular weight excluding hydrogens is 252 g/mol. The Morgan fingerprint density at radius 2 is 2.20 bits per heavy atom. The van der Waals surface area contributed by atoms with Gasteiger partial charge in [-0.25, -0.2) is 4.98 Å². The van der Waals surface area contributed by atoms with Crippen molar-refractivity contribution in [1.82, 2.24) is 9.38 Å². The largest absolute Gasteiger partial charge is 0.330 e. The van der Waals surface area contributed by atoms with Crippen molar-refractivity contribution in [3.8, 4) is 0 Å². The van der Waals surface area contributed by atoms with Gasteiger partial charge in [0, 0.05) is 18.3 Å². The van der Waals surface area contributed by atoms with E-state index in [4.69, 9.17) is 5.73 Å². The number of imidazole rings is 1. The minimum atomic E-state index is 0.0174. The molecule has 20 heavy (non-hydrogen) atoms. The van der Waals surface area contributed by atoms with Gasteiger partial charge in [0.25, 0.3) is 0 Å². The van der Waals surface area contributed by atoms with Crippen LogP contribution in [0.25, 0.3) is 5.65 Å². The van der Waals surface area contributed by atoms with E-state index in [1.807, 2.05) is 18.3 Å². The molecule has 1 aliphatic carbocycles. The molecule has 0 radical (unpaired) electrons. The number of carbonyl (C=O) groups is 1. The van der Waals surface area contributed by atoms with Crippen molar-refractivity contribution in [2.24, 2.45) is 5.73 Å². The lowest BCUT2D eigenvalue weighted by Gasteiger charge is -2.11. The molecular formula is C15H20N4O. The molecule has 2 aromatic rings. The SMILES string of the molecule is NCCCC(=O)Nc1ccc2nc3c(n2c1)CCCC3. The third-order valence-corrected chi connectivity index (χ3v) is 3.77. The summed E-state index contributed by atoms with van der Waals surface area (Å²) in [6.07, 6.45) is 7.74. The molecule has 1 aliphatic rings. The molecule has 106 valence electrons. The molecule has 5 nitrogen and oxygen atoms in total. The Kier molecular flexibility index (Phi) is 3.69. The van der Waals surface area contributed by atoms with Crippen LogP contribution in [0, 0.1) is 0 Å². The lowest BCUT2D eigenvalue weighted by molar-refractivity contribution is -0.116. The van der Waals surface area contributed by atoms with Gasteiger partial charge >= 0.3 is 0 Å². The fraction of sp³-hybridized carbons (Fsp3) is 0.467. The summed E-state index contributed by atoms with van der Waals surface area (Å²) in [7, 11) is 0. The topological polar surface area (TPSA) is 72.4 Å². The van der Waals surface area contributed by atoms with E-state index in [1.54, 1.807) is 0 Å². The number of anilines is 1. The molecule has 0 aromatic carbocycles. The number of nitrogens with two attached hydrogens (primary N) is 1. The van der Waals surface area contributed by atoms with Gasteiger partial charge in [0.15, 0.2) is 0 Å². The van der Waals surface area contributed by atoms with Gasteiger partial charge in [-0.1, -0.05) is 0 Å². The summed E-state index contributed by atoms with van der Waals surface area (Å²) in [6.45, 7) is 0.543.